The lowest BCUT2D eigenvalue weighted by atomic mass is 10.1. The summed E-state index contributed by atoms with van der Waals surface area (Å²) >= 11 is 0. The van der Waals surface area contributed by atoms with Crippen molar-refractivity contribution >= 4 is 17.3 Å². The van der Waals surface area contributed by atoms with E-state index in [0.29, 0.717) is 31.0 Å². The van der Waals surface area contributed by atoms with Gasteiger partial charge in [-0.3, -0.25) is 4.79 Å². The molecule has 1 aliphatic heterocycles. The average Bonchev–Trinajstić information content (AvgIpc) is 2.47. The Labute approximate surface area is 118 Å². The lowest BCUT2D eigenvalue weighted by Crippen LogP contribution is -2.48. The molecule has 1 atom stereocenters. The molecule has 0 bridgehead atoms. The molecule has 0 aromatic heterocycles. The minimum atomic E-state index is -0.129. The molecule has 1 unspecified atom stereocenters. The summed E-state index contributed by atoms with van der Waals surface area (Å²) in [6.07, 6.45) is 0. The fourth-order valence-corrected chi connectivity index (χ4v) is 2.31. The van der Waals surface area contributed by atoms with E-state index >= 15 is 0 Å². The SMILES string of the molecule is CN(C)C(=O)c1ccc(N)c(N2CCOCC2CO)c1. The van der Waals surface area contributed by atoms with Crippen molar-refractivity contribution in [3.8, 4) is 0 Å². The molecule has 20 heavy (non-hydrogen) atoms. The molecule has 110 valence electrons. The molecule has 3 N–H and O–H groups in total. The van der Waals surface area contributed by atoms with Crippen LogP contribution in [0, 0.1) is 0 Å². The van der Waals surface area contributed by atoms with Gasteiger partial charge in [0.25, 0.3) is 5.91 Å². The molecule has 1 amide bonds. The summed E-state index contributed by atoms with van der Waals surface area (Å²) in [5.41, 5.74) is 7.99. The fraction of sp³-hybridized carbons (Fsp3) is 0.500. The third-order valence-electron chi connectivity index (χ3n) is 3.43. The van der Waals surface area contributed by atoms with Gasteiger partial charge in [-0.2, -0.15) is 0 Å². The number of ether oxygens (including phenoxy) is 1. The maximum Gasteiger partial charge on any atom is 0.253 e. The van der Waals surface area contributed by atoms with E-state index in [0.717, 1.165) is 5.69 Å². The van der Waals surface area contributed by atoms with Gasteiger partial charge in [-0.05, 0) is 18.2 Å². The van der Waals surface area contributed by atoms with Gasteiger partial charge in [0.05, 0.1) is 37.2 Å². The van der Waals surface area contributed by atoms with Crippen LogP contribution in [0.3, 0.4) is 0 Å². The first kappa shape index (κ1) is 14.6. The largest absolute Gasteiger partial charge is 0.397 e. The van der Waals surface area contributed by atoms with Crippen molar-refractivity contribution in [3.05, 3.63) is 23.8 Å². The number of benzene rings is 1. The maximum absolute atomic E-state index is 12.0. The van der Waals surface area contributed by atoms with Crippen molar-refractivity contribution < 1.29 is 14.6 Å². The number of aliphatic hydroxyl groups is 1. The van der Waals surface area contributed by atoms with Crippen molar-refractivity contribution in [1.29, 1.82) is 0 Å². The molecule has 1 heterocycles. The van der Waals surface area contributed by atoms with Crippen LogP contribution in [0.4, 0.5) is 11.4 Å². The number of rotatable bonds is 3. The number of anilines is 2. The monoisotopic (exact) mass is 279 g/mol. The van der Waals surface area contributed by atoms with Gasteiger partial charge in [-0.25, -0.2) is 0 Å². The standard InChI is InChI=1S/C14H21N3O3/c1-16(2)14(19)10-3-4-12(15)13(7-10)17-5-6-20-9-11(17)8-18/h3-4,7,11,18H,5-6,8-9,15H2,1-2H3. The van der Waals surface area contributed by atoms with Gasteiger partial charge in [0, 0.05) is 26.2 Å². The Hall–Kier alpha value is -1.79. The van der Waals surface area contributed by atoms with E-state index in [1.165, 1.54) is 4.90 Å². The molecule has 1 aromatic rings. The lowest BCUT2D eigenvalue weighted by molar-refractivity contribution is 0.0728. The van der Waals surface area contributed by atoms with Crippen LogP contribution in [0.5, 0.6) is 0 Å². The van der Waals surface area contributed by atoms with Crippen LogP contribution in [-0.4, -0.2) is 62.4 Å². The summed E-state index contributed by atoms with van der Waals surface area (Å²) in [6.45, 7) is 1.68. The van der Waals surface area contributed by atoms with E-state index in [9.17, 15) is 9.90 Å². The Balaban J connectivity index is 2.34. The van der Waals surface area contributed by atoms with E-state index in [-0.39, 0.29) is 18.6 Å². The number of aliphatic hydroxyl groups excluding tert-OH is 1. The van der Waals surface area contributed by atoms with E-state index in [1.807, 2.05) is 4.90 Å². The molecule has 0 spiro atoms. The number of nitrogens with two attached hydrogens (primary N) is 1. The Morgan fingerprint density at radius 1 is 1.55 bits per heavy atom. The Morgan fingerprint density at radius 2 is 2.30 bits per heavy atom. The summed E-state index contributed by atoms with van der Waals surface area (Å²) in [7, 11) is 3.42. The number of morpholine rings is 1. The smallest absolute Gasteiger partial charge is 0.253 e. The minimum Gasteiger partial charge on any atom is -0.397 e. The van der Waals surface area contributed by atoms with Gasteiger partial charge in [-0.1, -0.05) is 0 Å². The quantitative estimate of drug-likeness (QED) is 0.771. The molecular formula is C14H21N3O3. The van der Waals surface area contributed by atoms with Crippen molar-refractivity contribution in [1.82, 2.24) is 4.90 Å². The van der Waals surface area contributed by atoms with Gasteiger partial charge in [0.1, 0.15) is 0 Å². The minimum absolute atomic E-state index is 0.00864. The molecule has 1 aromatic carbocycles. The molecule has 2 rings (SSSR count). The van der Waals surface area contributed by atoms with Crippen molar-refractivity contribution in [2.24, 2.45) is 0 Å². The molecule has 1 fully saturated rings. The third-order valence-corrected chi connectivity index (χ3v) is 3.43. The number of hydrogen-bond donors (Lipinski definition) is 2. The Morgan fingerprint density at radius 3 is 2.95 bits per heavy atom. The van der Waals surface area contributed by atoms with Crippen LogP contribution in [0.2, 0.25) is 0 Å². The predicted molar refractivity (Wildman–Crippen MR) is 77.9 cm³/mol. The first-order chi connectivity index (χ1) is 9.54. The predicted octanol–water partition coefficient (Wildman–Crippen LogP) is 0.168. The molecule has 0 saturated carbocycles. The number of nitrogens with zero attached hydrogens (tertiary/aromatic N) is 2. The van der Waals surface area contributed by atoms with Gasteiger partial charge < -0.3 is 25.4 Å². The van der Waals surface area contributed by atoms with Gasteiger partial charge >= 0.3 is 0 Å². The molecule has 1 aliphatic rings. The topological polar surface area (TPSA) is 79.0 Å². The summed E-state index contributed by atoms with van der Waals surface area (Å²) in [4.78, 5) is 15.6. The first-order valence-corrected chi connectivity index (χ1v) is 6.61. The van der Waals surface area contributed by atoms with Crippen molar-refractivity contribution in [3.63, 3.8) is 0 Å². The van der Waals surface area contributed by atoms with Crippen LogP contribution in [0.15, 0.2) is 18.2 Å². The average molecular weight is 279 g/mol. The number of carbonyl (C=O) groups is 1. The van der Waals surface area contributed by atoms with Crippen LogP contribution >= 0.6 is 0 Å². The van der Waals surface area contributed by atoms with E-state index in [4.69, 9.17) is 10.5 Å². The van der Waals surface area contributed by atoms with Gasteiger partial charge in [0.15, 0.2) is 0 Å². The molecule has 1 saturated heterocycles. The zero-order chi connectivity index (χ0) is 14.7. The van der Waals surface area contributed by atoms with E-state index in [1.54, 1.807) is 32.3 Å². The zero-order valence-electron chi connectivity index (χ0n) is 11.9. The Bertz CT molecular complexity index is 491. The van der Waals surface area contributed by atoms with Crippen molar-refractivity contribution in [2.75, 3.05) is 51.1 Å². The lowest BCUT2D eigenvalue weighted by Gasteiger charge is -2.37. The van der Waals surface area contributed by atoms with Gasteiger partial charge in [0.2, 0.25) is 0 Å². The Kier molecular flexibility index (Phi) is 4.46. The first-order valence-electron chi connectivity index (χ1n) is 6.61. The summed E-state index contributed by atoms with van der Waals surface area (Å²) in [5.74, 6) is -0.0694. The number of nitrogen functional groups attached to an aromatic ring is 1. The summed E-state index contributed by atoms with van der Waals surface area (Å²) < 4.78 is 5.36. The molecular weight excluding hydrogens is 258 g/mol. The zero-order valence-corrected chi connectivity index (χ0v) is 11.9. The second-order valence-electron chi connectivity index (χ2n) is 5.08. The second kappa shape index (κ2) is 6.11. The molecule has 0 aliphatic carbocycles. The van der Waals surface area contributed by atoms with Gasteiger partial charge in [-0.15, -0.1) is 0 Å². The highest BCUT2D eigenvalue weighted by Gasteiger charge is 2.25. The van der Waals surface area contributed by atoms with Crippen molar-refractivity contribution in [2.45, 2.75) is 6.04 Å². The summed E-state index contributed by atoms with van der Waals surface area (Å²) in [6, 6.07) is 5.10. The highest BCUT2D eigenvalue weighted by atomic mass is 16.5. The molecule has 6 nitrogen and oxygen atoms in total. The van der Waals surface area contributed by atoms with E-state index < -0.39 is 0 Å². The fourth-order valence-electron chi connectivity index (χ4n) is 2.31. The molecule has 6 heteroatoms. The van der Waals surface area contributed by atoms with Crippen LogP contribution in [-0.2, 0) is 4.74 Å². The highest BCUT2D eigenvalue weighted by molar-refractivity contribution is 5.96. The van der Waals surface area contributed by atoms with Crippen LogP contribution in [0.25, 0.3) is 0 Å². The van der Waals surface area contributed by atoms with E-state index in [2.05, 4.69) is 0 Å². The van der Waals surface area contributed by atoms with Crippen LogP contribution in [0.1, 0.15) is 10.4 Å². The summed E-state index contributed by atoms with van der Waals surface area (Å²) in [5, 5.41) is 9.44. The maximum atomic E-state index is 12.0. The van der Waals surface area contributed by atoms with Crippen LogP contribution < -0.4 is 10.6 Å². The molecule has 0 radical (unpaired) electrons. The third kappa shape index (κ3) is 2.86. The number of amides is 1. The number of carbonyl (C=O) groups excluding carboxylic acids is 1. The number of hydrogen-bond acceptors (Lipinski definition) is 5. The normalized spacial score (nSPS) is 18.9. The highest BCUT2D eigenvalue weighted by Crippen LogP contribution is 2.28. The second-order valence-corrected chi connectivity index (χ2v) is 5.08.